The average molecular weight is 292 g/mol. The Balaban J connectivity index is 0. The molecule has 0 aliphatic rings. The molecule has 15 heavy (non-hydrogen) atoms. The largest absolute Gasteiger partial charge is 0.231 e. The number of benzene rings is 1. The SMILES string of the molecule is ClC(Br)c1ccccc1.N=C=O.N=C=O. The summed E-state index contributed by atoms with van der Waals surface area (Å²) in [5.74, 6) is 0. The normalized spacial score (nSPS) is 8.93. The van der Waals surface area contributed by atoms with E-state index in [9.17, 15) is 0 Å². The van der Waals surface area contributed by atoms with Crippen LogP contribution in [0.3, 0.4) is 0 Å². The van der Waals surface area contributed by atoms with Gasteiger partial charge in [0.05, 0.1) is 0 Å². The lowest BCUT2D eigenvalue weighted by molar-refractivity contribution is 0.562. The number of hydrogen-bond acceptors (Lipinski definition) is 4. The van der Waals surface area contributed by atoms with Crippen molar-refractivity contribution in [3.8, 4) is 0 Å². The van der Waals surface area contributed by atoms with Gasteiger partial charge in [-0.15, -0.1) is 11.6 Å². The number of carbonyl (C=O) groups excluding carboxylic acids is 2. The summed E-state index contributed by atoms with van der Waals surface area (Å²) in [7, 11) is 0. The minimum absolute atomic E-state index is 0.0568. The highest BCUT2D eigenvalue weighted by molar-refractivity contribution is 9.09. The molecule has 0 heterocycles. The van der Waals surface area contributed by atoms with E-state index < -0.39 is 0 Å². The molecule has 6 heteroatoms. The quantitative estimate of drug-likeness (QED) is 0.473. The van der Waals surface area contributed by atoms with Gasteiger partial charge >= 0.3 is 0 Å². The summed E-state index contributed by atoms with van der Waals surface area (Å²) >= 11 is 8.97. The molecule has 1 rings (SSSR count). The van der Waals surface area contributed by atoms with Crippen LogP contribution >= 0.6 is 27.5 Å². The zero-order chi connectivity index (χ0) is 12.1. The molecule has 1 unspecified atom stereocenters. The van der Waals surface area contributed by atoms with Crippen LogP contribution in [0.5, 0.6) is 0 Å². The first-order chi connectivity index (χ1) is 7.13. The van der Waals surface area contributed by atoms with E-state index in [1.807, 2.05) is 30.3 Å². The van der Waals surface area contributed by atoms with E-state index in [-0.39, 0.29) is 4.29 Å². The third-order valence-corrected chi connectivity index (χ3v) is 1.83. The summed E-state index contributed by atoms with van der Waals surface area (Å²) in [6.07, 6.45) is 1.50. The number of isocyanates is 2. The van der Waals surface area contributed by atoms with E-state index in [2.05, 4.69) is 15.9 Å². The van der Waals surface area contributed by atoms with Crippen molar-refractivity contribution >= 4 is 39.7 Å². The molecule has 0 bridgehead atoms. The standard InChI is InChI=1S/C7H6BrCl.2CHNO/c8-7(9)6-4-2-1-3-5-6;2*2-1-3/h1-5,7H;2*2H. The van der Waals surface area contributed by atoms with Crippen molar-refractivity contribution in [3.63, 3.8) is 0 Å². The molecule has 0 saturated carbocycles. The fraction of sp³-hybridized carbons (Fsp3) is 0.111. The maximum absolute atomic E-state index is 8.35. The molecule has 4 nitrogen and oxygen atoms in total. The Hall–Kier alpha value is -1.25. The summed E-state index contributed by atoms with van der Waals surface area (Å²) < 4.78 is -0.0568. The molecule has 1 atom stereocenters. The van der Waals surface area contributed by atoms with Gasteiger partial charge < -0.3 is 0 Å². The van der Waals surface area contributed by atoms with E-state index in [4.69, 9.17) is 32.0 Å². The van der Waals surface area contributed by atoms with E-state index >= 15 is 0 Å². The Kier molecular flexibility index (Phi) is 13.8. The van der Waals surface area contributed by atoms with Gasteiger partial charge in [0.1, 0.15) is 4.29 Å². The molecule has 0 amide bonds. The van der Waals surface area contributed by atoms with Gasteiger partial charge in [0.25, 0.3) is 0 Å². The van der Waals surface area contributed by atoms with Crippen LogP contribution in [0.1, 0.15) is 9.85 Å². The van der Waals surface area contributed by atoms with Crippen LogP contribution in [0.25, 0.3) is 0 Å². The van der Waals surface area contributed by atoms with E-state index in [0.29, 0.717) is 0 Å². The smallest absolute Gasteiger partial charge is 0.222 e. The van der Waals surface area contributed by atoms with Gasteiger partial charge in [-0.2, -0.15) is 0 Å². The third-order valence-electron chi connectivity index (χ3n) is 1.05. The fourth-order valence-corrected chi connectivity index (χ4v) is 1.05. The van der Waals surface area contributed by atoms with Crippen molar-refractivity contribution in [1.82, 2.24) is 0 Å². The molecular weight excluding hydrogens is 283 g/mol. The van der Waals surface area contributed by atoms with Gasteiger partial charge in [-0.05, 0) is 5.56 Å². The molecule has 0 saturated heterocycles. The van der Waals surface area contributed by atoms with Crippen molar-refractivity contribution in [2.75, 3.05) is 0 Å². The van der Waals surface area contributed by atoms with Crippen molar-refractivity contribution in [2.45, 2.75) is 4.29 Å². The molecule has 80 valence electrons. The predicted octanol–water partition coefficient (Wildman–Crippen LogP) is 3.12. The summed E-state index contributed by atoms with van der Waals surface area (Å²) in [6, 6.07) is 9.85. The van der Waals surface area contributed by atoms with Gasteiger partial charge in [-0.1, -0.05) is 46.3 Å². The molecule has 0 aliphatic carbocycles. The lowest BCUT2D eigenvalue weighted by Crippen LogP contribution is -1.76. The monoisotopic (exact) mass is 290 g/mol. The second-order valence-corrected chi connectivity index (χ2v) is 3.79. The minimum atomic E-state index is -0.0568. The number of rotatable bonds is 1. The molecular formula is C9H8BrClN2O2. The van der Waals surface area contributed by atoms with Crippen LogP contribution in [0, 0.1) is 10.8 Å². The number of nitrogens with one attached hydrogen (secondary N) is 2. The maximum Gasteiger partial charge on any atom is 0.231 e. The number of halogens is 2. The van der Waals surface area contributed by atoms with Crippen LogP contribution < -0.4 is 0 Å². The molecule has 1 aromatic carbocycles. The molecule has 0 spiro atoms. The molecule has 0 aliphatic heterocycles. The Labute approximate surface area is 100 Å². The lowest BCUT2D eigenvalue weighted by Gasteiger charge is -1.97. The zero-order valence-electron chi connectivity index (χ0n) is 7.54. The minimum Gasteiger partial charge on any atom is -0.222 e. The molecule has 1 aromatic rings. The zero-order valence-corrected chi connectivity index (χ0v) is 9.88. The summed E-state index contributed by atoms with van der Waals surface area (Å²) in [6.45, 7) is 0. The van der Waals surface area contributed by atoms with Crippen molar-refractivity contribution in [1.29, 1.82) is 10.8 Å². The highest BCUT2D eigenvalue weighted by Gasteiger charge is 1.98. The van der Waals surface area contributed by atoms with Crippen molar-refractivity contribution < 1.29 is 9.59 Å². The summed E-state index contributed by atoms with van der Waals surface area (Å²) in [5.41, 5.74) is 1.10. The molecule has 0 fully saturated rings. The second-order valence-electron chi connectivity index (χ2n) is 1.92. The lowest BCUT2D eigenvalue weighted by atomic mass is 10.2. The van der Waals surface area contributed by atoms with Crippen LogP contribution in [0.4, 0.5) is 0 Å². The van der Waals surface area contributed by atoms with Crippen molar-refractivity contribution in [3.05, 3.63) is 35.9 Å². The van der Waals surface area contributed by atoms with Crippen LogP contribution in [0.2, 0.25) is 0 Å². The Morgan fingerprint density at radius 3 is 1.67 bits per heavy atom. The number of hydrogen-bond donors (Lipinski definition) is 2. The molecule has 0 radical (unpaired) electrons. The van der Waals surface area contributed by atoms with Gasteiger partial charge in [-0.25, -0.2) is 20.4 Å². The maximum atomic E-state index is 8.35. The third kappa shape index (κ3) is 12.8. The van der Waals surface area contributed by atoms with Crippen molar-refractivity contribution in [2.24, 2.45) is 0 Å². The highest BCUT2D eigenvalue weighted by Crippen LogP contribution is 2.25. The van der Waals surface area contributed by atoms with Gasteiger partial charge in [0, 0.05) is 0 Å². The van der Waals surface area contributed by atoms with Crippen LogP contribution in [0.15, 0.2) is 30.3 Å². The Morgan fingerprint density at radius 2 is 1.47 bits per heavy atom. The number of alkyl halides is 2. The highest BCUT2D eigenvalue weighted by atomic mass is 79.9. The first-order valence-corrected chi connectivity index (χ1v) is 4.90. The van der Waals surface area contributed by atoms with Gasteiger partial charge in [0.15, 0.2) is 0 Å². The van der Waals surface area contributed by atoms with Gasteiger partial charge in [0.2, 0.25) is 12.2 Å². The topological polar surface area (TPSA) is 81.8 Å². The summed E-state index contributed by atoms with van der Waals surface area (Å²) in [5, 5.41) is 10.8. The van der Waals surface area contributed by atoms with Crippen LogP contribution in [-0.2, 0) is 9.59 Å². The van der Waals surface area contributed by atoms with Gasteiger partial charge in [-0.3, -0.25) is 0 Å². The Bertz CT molecular complexity index is 306. The first kappa shape index (κ1) is 16.2. The summed E-state index contributed by atoms with van der Waals surface area (Å²) in [4.78, 5) is 16.7. The van der Waals surface area contributed by atoms with Crippen LogP contribution in [-0.4, -0.2) is 12.2 Å². The first-order valence-electron chi connectivity index (χ1n) is 3.54. The van der Waals surface area contributed by atoms with E-state index in [1.54, 1.807) is 0 Å². The molecule has 2 N–H and O–H groups in total. The fourth-order valence-electron chi connectivity index (χ4n) is 0.599. The van der Waals surface area contributed by atoms with E-state index in [0.717, 1.165) is 17.7 Å². The second kappa shape index (κ2) is 12.8. The Morgan fingerprint density at radius 1 is 1.13 bits per heavy atom. The average Bonchev–Trinajstić information content (AvgIpc) is 2.21. The predicted molar refractivity (Wildman–Crippen MR) is 60.8 cm³/mol. The molecule has 0 aromatic heterocycles. The van der Waals surface area contributed by atoms with E-state index in [1.165, 1.54) is 0 Å².